The van der Waals surface area contributed by atoms with Crippen LogP contribution in [-0.4, -0.2) is 37.1 Å². The lowest BCUT2D eigenvalue weighted by molar-refractivity contribution is -0.116. The molecule has 4 rings (SSSR count). The first-order valence-electron chi connectivity index (χ1n) is 11.5. The summed E-state index contributed by atoms with van der Waals surface area (Å²) in [5.41, 5.74) is 5.75. The number of nitrogens with zero attached hydrogens (tertiary/aromatic N) is 4. The first kappa shape index (κ1) is 22.3. The van der Waals surface area contributed by atoms with Crippen LogP contribution in [0.1, 0.15) is 31.7 Å². The van der Waals surface area contributed by atoms with Gasteiger partial charge in [-0.25, -0.2) is 0 Å². The average molecular weight is 440 g/mol. The molecular weight excluding hydrogens is 410 g/mol. The molecule has 3 aromatic rings. The van der Waals surface area contributed by atoms with Crippen LogP contribution in [0, 0.1) is 11.3 Å². The van der Waals surface area contributed by atoms with E-state index in [9.17, 15) is 10.1 Å². The summed E-state index contributed by atoms with van der Waals surface area (Å²) in [4.78, 5) is 21.2. The minimum absolute atomic E-state index is 0.0508. The zero-order valence-electron chi connectivity index (χ0n) is 19.0. The number of hydrogen-bond donors (Lipinski definition) is 1. The normalized spacial score (nSPS) is 13.5. The Labute approximate surface area is 195 Å². The molecule has 0 radical (unpaired) electrons. The molecule has 168 valence electrons. The number of rotatable bonds is 7. The van der Waals surface area contributed by atoms with Crippen molar-refractivity contribution in [2.45, 2.75) is 26.2 Å². The zero-order valence-corrected chi connectivity index (χ0v) is 19.0. The van der Waals surface area contributed by atoms with Crippen molar-refractivity contribution in [3.63, 3.8) is 0 Å². The minimum atomic E-state index is 0.0508. The Morgan fingerprint density at radius 1 is 1.03 bits per heavy atom. The Hall–Kier alpha value is -3.85. The van der Waals surface area contributed by atoms with Gasteiger partial charge in [0.25, 0.3) is 0 Å². The Kier molecular flexibility index (Phi) is 7.21. The van der Waals surface area contributed by atoms with E-state index in [1.807, 2.05) is 42.6 Å². The molecule has 0 bridgehead atoms. The molecule has 0 aliphatic carbocycles. The number of carbonyl (C=O) groups excluding carboxylic acids is 1. The molecule has 1 N–H and O–H groups in total. The summed E-state index contributed by atoms with van der Waals surface area (Å²) in [5, 5.41) is 12.5. The molecule has 1 saturated heterocycles. The number of piperazine rings is 1. The number of nitrogens with one attached hydrogen (secondary N) is 1. The number of unbranched alkanes of at least 4 members (excludes halogenated alkanes) is 1. The van der Waals surface area contributed by atoms with Crippen molar-refractivity contribution >= 4 is 23.0 Å². The third kappa shape index (κ3) is 5.32. The van der Waals surface area contributed by atoms with E-state index in [0.717, 1.165) is 67.2 Å². The number of aromatic nitrogens is 1. The molecule has 2 heterocycles. The minimum Gasteiger partial charge on any atom is -0.367 e. The van der Waals surface area contributed by atoms with Gasteiger partial charge in [0.1, 0.15) is 6.07 Å². The highest BCUT2D eigenvalue weighted by atomic mass is 16.1. The molecule has 0 saturated carbocycles. The van der Waals surface area contributed by atoms with Crippen molar-refractivity contribution in [2.24, 2.45) is 0 Å². The summed E-state index contributed by atoms with van der Waals surface area (Å²) in [7, 11) is 0. The van der Waals surface area contributed by atoms with E-state index >= 15 is 0 Å². The predicted molar refractivity (Wildman–Crippen MR) is 133 cm³/mol. The summed E-state index contributed by atoms with van der Waals surface area (Å²) < 4.78 is 0. The van der Waals surface area contributed by atoms with Crippen LogP contribution in [0.5, 0.6) is 0 Å². The van der Waals surface area contributed by atoms with E-state index in [4.69, 9.17) is 0 Å². The van der Waals surface area contributed by atoms with Gasteiger partial charge < -0.3 is 15.1 Å². The van der Waals surface area contributed by atoms with E-state index in [1.54, 1.807) is 6.20 Å². The largest absolute Gasteiger partial charge is 0.367 e. The second-order valence-corrected chi connectivity index (χ2v) is 8.23. The fourth-order valence-electron chi connectivity index (χ4n) is 4.23. The topological polar surface area (TPSA) is 72.3 Å². The van der Waals surface area contributed by atoms with Crippen LogP contribution in [0.15, 0.2) is 67.0 Å². The molecule has 6 nitrogen and oxygen atoms in total. The second-order valence-electron chi connectivity index (χ2n) is 8.23. The maximum atomic E-state index is 12.3. The number of amides is 1. The van der Waals surface area contributed by atoms with Crippen molar-refractivity contribution in [2.75, 3.05) is 41.3 Å². The highest BCUT2D eigenvalue weighted by molar-refractivity contribution is 5.93. The Morgan fingerprint density at radius 3 is 2.48 bits per heavy atom. The van der Waals surface area contributed by atoms with E-state index in [0.29, 0.717) is 12.0 Å². The van der Waals surface area contributed by atoms with Gasteiger partial charge in [0.15, 0.2) is 0 Å². The van der Waals surface area contributed by atoms with Gasteiger partial charge in [-0.1, -0.05) is 37.6 Å². The number of hydrogen-bond acceptors (Lipinski definition) is 5. The summed E-state index contributed by atoms with van der Waals surface area (Å²) in [6.07, 6.45) is 6.07. The molecule has 33 heavy (non-hydrogen) atoms. The quantitative estimate of drug-likeness (QED) is 0.556. The first-order valence-corrected chi connectivity index (χ1v) is 11.5. The highest BCUT2D eigenvalue weighted by Gasteiger charge is 2.22. The Morgan fingerprint density at radius 2 is 1.79 bits per heavy atom. The van der Waals surface area contributed by atoms with E-state index < -0.39 is 0 Å². The van der Waals surface area contributed by atoms with Crippen molar-refractivity contribution in [1.29, 1.82) is 5.26 Å². The number of carbonyl (C=O) groups is 1. The maximum absolute atomic E-state index is 12.3. The lowest BCUT2D eigenvalue weighted by Gasteiger charge is -2.38. The third-order valence-electron chi connectivity index (χ3n) is 6.00. The van der Waals surface area contributed by atoms with Gasteiger partial charge in [-0.05, 0) is 36.8 Å². The lowest BCUT2D eigenvalue weighted by atomic mass is 10.0. The van der Waals surface area contributed by atoms with E-state index in [2.05, 4.69) is 51.3 Å². The molecule has 1 fully saturated rings. The fraction of sp³-hybridized carbons (Fsp3) is 0.296. The van der Waals surface area contributed by atoms with Crippen LogP contribution >= 0.6 is 0 Å². The molecule has 1 amide bonds. The Bertz CT molecular complexity index is 1130. The molecule has 1 aliphatic heterocycles. The van der Waals surface area contributed by atoms with E-state index in [-0.39, 0.29) is 5.91 Å². The highest BCUT2D eigenvalue weighted by Crippen LogP contribution is 2.34. The predicted octanol–water partition coefficient (Wildman–Crippen LogP) is 5.08. The SMILES string of the molecule is CCCCC(=O)Nc1ccc(-c2cccnc2)c(N2CCN(c3ccccc3C#N)CC2)c1. The standard InChI is InChI=1S/C27H29N5O/c1-2-3-10-27(33)30-23-11-12-24(22-8-6-13-29-20-22)26(18-23)32-16-14-31(15-17-32)25-9-5-4-7-21(25)19-28/h4-9,11-13,18,20H,2-3,10,14-17H2,1H3,(H,30,33). The zero-order chi connectivity index (χ0) is 23.0. The smallest absolute Gasteiger partial charge is 0.224 e. The maximum Gasteiger partial charge on any atom is 0.224 e. The molecule has 1 aromatic heterocycles. The number of benzene rings is 2. The van der Waals surface area contributed by atoms with Crippen LogP contribution in [0.2, 0.25) is 0 Å². The first-order chi connectivity index (χ1) is 16.2. The number of pyridine rings is 1. The van der Waals surface area contributed by atoms with E-state index in [1.165, 1.54) is 0 Å². The van der Waals surface area contributed by atoms with Crippen LogP contribution in [0.3, 0.4) is 0 Å². The number of nitriles is 1. The average Bonchev–Trinajstić information content (AvgIpc) is 2.88. The Balaban J connectivity index is 1.58. The molecule has 0 unspecified atom stereocenters. The lowest BCUT2D eigenvalue weighted by Crippen LogP contribution is -2.47. The third-order valence-corrected chi connectivity index (χ3v) is 6.00. The van der Waals surface area contributed by atoms with Crippen molar-refractivity contribution in [3.8, 4) is 17.2 Å². The molecule has 2 aromatic carbocycles. The van der Waals surface area contributed by atoms with Gasteiger partial charge >= 0.3 is 0 Å². The van der Waals surface area contributed by atoms with Crippen LogP contribution in [-0.2, 0) is 4.79 Å². The summed E-state index contributed by atoms with van der Waals surface area (Å²) in [6.45, 7) is 5.36. The molecule has 0 atom stereocenters. The summed E-state index contributed by atoms with van der Waals surface area (Å²) in [6, 6.07) is 20.2. The summed E-state index contributed by atoms with van der Waals surface area (Å²) >= 11 is 0. The van der Waals surface area contributed by atoms with Crippen molar-refractivity contribution in [1.82, 2.24) is 4.98 Å². The summed E-state index contributed by atoms with van der Waals surface area (Å²) in [5.74, 6) is 0.0508. The van der Waals surface area contributed by atoms with Gasteiger partial charge in [0, 0.05) is 67.5 Å². The van der Waals surface area contributed by atoms with Gasteiger partial charge in [0.05, 0.1) is 11.3 Å². The van der Waals surface area contributed by atoms with Crippen LogP contribution in [0.25, 0.3) is 11.1 Å². The van der Waals surface area contributed by atoms with Gasteiger partial charge in [0.2, 0.25) is 5.91 Å². The second kappa shape index (κ2) is 10.6. The molecular formula is C27H29N5O. The monoisotopic (exact) mass is 439 g/mol. The number of para-hydroxylation sites is 1. The molecule has 6 heteroatoms. The number of anilines is 3. The van der Waals surface area contributed by atoms with Gasteiger partial charge in [-0.3, -0.25) is 9.78 Å². The van der Waals surface area contributed by atoms with Crippen molar-refractivity contribution < 1.29 is 4.79 Å². The molecule has 1 aliphatic rings. The fourth-order valence-corrected chi connectivity index (χ4v) is 4.23. The van der Waals surface area contributed by atoms with Gasteiger partial charge in [-0.2, -0.15) is 5.26 Å². The van der Waals surface area contributed by atoms with Crippen LogP contribution < -0.4 is 15.1 Å². The van der Waals surface area contributed by atoms with Crippen LogP contribution in [0.4, 0.5) is 17.1 Å². The van der Waals surface area contributed by atoms with Crippen molar-refractivity contribution in [3.05, 3.63) is 72.6 Å². The molecule has 0 spiro atoms. The van der Waals surface area contributed by atoms with Gasteiger partial charge in [-0.15, -0.1) is 0 Å².